The van der Waals surface area contributed by atoms with Gasteiger partial charge in [0.15, 0.2) is 0 Å². The van der Waals surface area contributed by atoms with Crippen LogP contribution in [0.15, 0.2) is 413 Å². The van der Waals surface area contributed by atoms with E-state index in [1.807, 2.05) is 0 Å². The number of hydrogen-bond acceptors (Lipinski definition) is 6. The average Bonchev–Trinajstić information content (AvgIpc) is 0.692. The highest BCUT2D eigenvalue weighted by molar-refractivity contribution is 7.02. The number of nitrogens with zero attached hydrogens (tertiary/aromatic N) is 6. The highest BCUT2D eigenvalue weighted by atomic mass is 15.2. The zero-order chi connectivity index (χ0) is 79.3. The van der Waals surface area contributed by atoms with Crippen LogP contribution in [0.4, 0.5) is 102 Å². The molecular weight excluding hydrogens is 1430 g/mol. The Balaban J connectivity index is 0.000000147. The third kappa shape index (κ3) is 11.9. The van der Waals surface area contributed by atoms with Crippen LogP contribution < -0.4 is 62.2 Å². The van der Waals surface area contributed by atoms with Crippen molar-refractivity contribution < 1.29 is 0 Å². The summed E-state index contributed by atoms with van der Waals surface area (Å²) in [6.07, 6.45) is 0. The van der Waals surface area contributed by atoms with Gasteiger partial charge in [-0.25, -0.2) is 0 Å². The van der Waals surface area contributed by atoms with Crippen LogP contribution in [-0.2, 0) is 10.8 Å². The summed E-state index contributed by atoms with van der Waals surface area (Å²) in [5.41, 5.74) is 33.9. The van der Waals surface area contributed by atoms with Crippen LogP contribution in [-0.4, -0.2) is 13.4 Å². The van der Waals surface area contributed by atoms with E-state index in [1.54, 1.807) is 0 Å². The molecule has 0 saturated carbocycles. The summed E-state index contributed by atoms with van der Waals surface area (Å²) in [6, 6.07) is 152. The lowest BCUT2D eigenvalue weighted by molar-refractivity contribution is 0.590. The van der Waals surface area contributed by atoms with E-state index in [9.17, 15) is 0 Å². The third-order valence-electron chi connectivity index (χ3n) is 24.5. The SMILES string of the molecule is CC(C)(C)c1ccc2c(c1)B1c3c(cccc3N2c2cccc3ccccc23)N(c2ccccc2)c2cc(N(c3ccccc3)c3ccccc3)c3ccccc3c21.CC(C)(C)c1ccc2c(c1)B1c3c(cccc3N2c2ccccc2-c2ccccc2)N(c2ccccc2)c2cc(N(c3ccccc3)c3ccccc3)c3ccccc3c21. The fourth-order valence-electron chi connectivity index (χ4n) is 19.2. The van der Waals surface area contributed by atoms with Crippen molar-refractivity contribution in [1.29, 1.82) is 0 Å². The summed E-state index contributed by atoms with van der Waals surface area (Å²) >= 11 is 0. The molecule has 4 aliphatic rings. The molecular formula is C110H86B2N6. The van der Waals surface area contributed by atoms with Gasteiger partial charge < -0.3 is 29.4 Å². The van der Waals surface area contributed by atoms with Gasteiger partial charge in [0.05, 0.1) is 22.7 Å². The van der Waals surface area contributed by atoms with Crippen molar-refractivity contribution in [3.05, 3.63) is 424 Å². The molecule has 0 atom stereocenters. The van der Waals surface area contributed by atoms with E-state index >= 15 is 0 Å². The van der Waals surface area contributed by atoms with Gasteiger partial charge in [-0.15, -0.1) is 0 Å². The molecule has 0 N–H and O–H groups in total. The van der Waals surface area contributed by atoms with Gasteiger partial charge in [0.25, 0.3) is 13.4 Å². The van der Waals surface area contributed by atoms with Crippen molar-refractivity contribution >= 4 is 181 Å². The van der Waals surface area contributed by atoms with E-state index in [0.717, 1.165) is 45.5 Å². The predicted molar refractivity (Wildman–Crippen MR) is 506 cm³/mol. The highest BCUT2D eigenvalue weighted by Gasteiger charge is 2.48. The Kier molecular flexibility index (Phi) is 17.5. The van der Waals surface area contributed by atoms with Crippen molar-refractivity contribution in [3.8, 4) is 11.1 Å². The maximum atomic E-state index is 2.54. The predicted octanol–water partition coefficient (Wildman–Crippen LogP) is 26.2. The Morgan fingerprint density at radius 1 is 0.220 bits per heavy atom. The fourth-order valence-corrected chi connectivity index (χ4v) is 19.2. The lowest BCUT2D eigenvalue weighted by Gasteiger charge is -2.45. The molecule has 118 heavy (non-hydrogen) atoms. The standard InChI is InChI=1S/C56H44BN3.C54H42BN3/c1-56(2,3)40-35-36-49-47(37-40)57-54-46-31-17-16-30-45(46)52(58(41-23-10-5-11-24-41)42-25-12-6-13-26-42)38-53(54)59(43-27-14-7-15-28-43)50-33-20-34-51(55(50)57)60(49)48-32-19-18-29-44(48)39-21-8-4-9-22-39;1-54(2,3)38-33-34-47-45(35-38)55-52-44-29-16-15-28-43(44)50(56(39-21-7-4-8-22-39)40-23-9-5-10-24-40)36-51(52)57(41-25-11-6-12-26-41)48-31-18-32-49(53(48)55)58(47)46-30-17-20-37-19-13-14-27-42(37)46/h4-38H,1-3H3;4-36H,1-3H3. The molecule has 4 heterocycles. The Bertz CT molecular complexity index is 6790. The van der Waals surface area contributed by atoms with E-state index in [0.29, 0.717) is 0 Å². The van der Waals surface area contributed by atoms with Crippen LogP contribution in [0.5, 0.6) is 0 Å². The van der Waals surface area contributed by atoms with Crippen molar-refractivity contribution in [3.63, 3.8) is 0 Å². The smallest absolute Gasteiger partial charge is 0.252 e. The molecule has 6 nitrogen and oxygen atoms in total. The zero-order valence-corrected chi connectivity index (χ0v) is 67.1. The number of anilines is 18. The largest absolute Gasteiger partial charge is 0.311 e. The molecule has 4 aliphatic heterocycles. The molecule has 0 fully saturated rings. The zero-order valence-electron chi connectivity index (χ0n) is 67.1. The minimum atomic E-state index is -0.0486. The van der Waals surface area contributed by atoms with Crippen molar-refractivity contribution in [2.45, 2.75) is 52.4 Å². The Morgan fingerprint density at radius 3 is 0.958 bits per heavy atom. The molecule has 0 bridgehead atoms. The lowest BCUT2D eigenvalue weighted by Crippen LogP contribution is -2.61. The quantitative estimate of drug-likeness (QED) is 0.119. The van der Waals surface area contributed by atoms with E-state index in [2.05, 4.69) is 483 Å². The van der Waals surface area contributed by atoms with Gasteiger partial charge in [0.1, 0.15) is 0 Å². The second-order valence-corrected chi connectivity index (χ2v) is 33.5. The molecule has 18 aromatic rings. The Morgan fingerprint density at radius 2 is 0.534 bits per heavy atom. The van der Waals surface area contributed by atoms with Gasteiger partial charge >= 0.3 is 0 Å². The van der Waals surface area contributed by atoms with E-state index in [1.165, 1.54) is 144 Å². The number of fused-ring (bicyclic) bond motifs is 13. The van der Waals surface area contributed by atoms with Gasteiger partial charge in [0.2, 0.25) is 0 Å². The molecule has 0 saturated heterocycles. The topological polar surface area (TPSA) is 19.4 Å². The van der Waals surface area contributed by atoms with Gasteiger partial charge in [0, 0.05) is 101 Å². The van der Waals surface area contributed by atoms with Crippen LogP contribution in [0.3, 0.4) is 0 Å². The molecule has 18 aromatic carbocycles. The van der Waals surface area contributed by atoms with Crippen LogP contribution in [0.1, 0.15) is 52.7 Å². The Hall–Kier alpha value is -14.3. The van der Waals surface area contributed by atoms with Gasteiger partial charge in [-0.2, -0.15) is 0 Å². The van der Waals surface area contributed by atoms with Gasteiger partial charge in [-0.3, -0.25) is 0 Å². The second-order valence-electron chi connectivity index (χ2n) is 33.5. The normalized spacial score (nSPS) is 12.9. The molecule has 0 unspecified atom stereocenters. The van der Waals surface area contributed by atoms with E-state index in [-0.39, 0.29) is 24.3 Å². The van der Waals surface area contributed by atoms with E-state index < -0.39 is 0 Å². The number of hydrogen-bond donors (Lipinski definition) is 0. The minimum absolute atomic E-state index is 0.0226. The molecule has 0 aliphatic carbocycles. The van der Waals surface area contributed by atoms with Gasteiger partial charge in [-0.05, 0) is 210 Å². The van der Waals surface area contributed by atoms with Crippen LogP contribution in [0.2, 0.25) is 0 Å². The van der Waals surface area contributed by atoms with E-state index in [4.69, 9.17) is 0 Å². The maximum absolute atomic E-state index is 2.54. The molecule has 22 rings (SSSR count). The first-order chi connectivity index (χ1) is 57.9. The third-order valence-corrected chi connectivity index (χ3v) is 24.5. The summed E-state index contributed by atoms with van der Waals surface area (Å²) in [5.74, 6) is 0. The fraction of sp³-hybridized carbons (Fsp3) is 0.0727. The molecule has 562 valence electrons. The molecule has 0 spiro atoms. The van der Waals surface area contributed by atoms with Crippen molar-refractivity contribution in [1.82, 2.24) is 0 Å². The van der Waals surface area contributed by atoms with Crippen molar-refractivity contribution in [2.75, 3.05) is 29.4 Å². The molecule has 0 radical (unpaired) electrons. The first-order valence-corrected chi connectivity index (χ1v) is 41.3. The summed E-state index contributed by atoms with van der Waals surface area (Å²) in [4.78, 5) is 15.0. The highest BCUT2D eigenvalue weighted by Crippen LogP contribution is 2.53. The van der Waals surface area contributed by atoms with Crippen LogP contribution >= 0.6 is 0 Å². The Labute approximate surface area is 692 Å². The number of benzene rings is 18. The van der Waals surface area contributed by atoms with Gasteiger partial charge in [-0.1, -0.05) is 321 Å². The lowest BCUT2D eigenvalue weighted by atomic mass is 9.32. The molecule has 0 aromatic heterocycles. The molecule has 8 heteroatoms. The van der Waals surface area contributed by atoms with Crippen LogP contribution in [0.25, 0.3) is 43.4 Å². The first kappa shape index (κ1) is 71.5. The number of para-hydroxylation sites is 7. The summed E-state index contributed by atoms with van der Waals surface area (Å²) in [7, 11) is 0. The average molecular weight is 1510 g/mol. The van der Waals surface area contributed by atoms with Crippen molar-refractivity contribution in [2.24, 2.45) is 0 Å². The monoisotopic (exact) mass is 1510 g/mol. The molecule has 0 amide bonds. The first-order valence-electron chi connectivity index (χ1n) is 41.3. The second kappa shape index (κ2) is 28.9. The number of rotatable bonds is 11. The van der Waals surface area contributed by atoms with Crippen LogP contribution in [0, 0.1) is 0 Å². The summed E-state index contributed by atoms with van der Waals surface area (Å²) in [6.45, 7) is 13.9. The summed E-state index contributed by atoms with van der Waals surface area (Å²) in [5, 5.41) is 7.40. The minimum Gasteiger partial charge on any atom is -0.311 e. The summed E-state index contributed by atoms with van der Waals surface area (Å²) < 4.78 is 0. The maximum Gasteiger partial charge on any atom is 0.252 e.